The molecule has 0 radical (unpaired) electrons. The van der Waals surface area contributed by atoms with Crippen molar-refractivity contribution in [1.82, 2.24) is 9.88 Å². The minimum absolute atomic E-state index is 0.391. The number of nitrogens with two attached hydrogens (primary N) is 1. The van der Waals surface area contributed by atoms with Gasteiger partial charge in [-0.1, -0.05) is 25.2 Å². The molecule has 16 heavy (non-hydrogen) atoms. The molecule has 1 aliphatic rings. The molecule has 0 spiro atoms. The molecule has 0 aromatic carbocycles. The first kappa shape index (κ1) is 11.5. The molecule has 4 heteroatoms. The van der Waals surface area contributed by atoms with Gasteiger partial charge in [0.1, 0.15) is 10.7 Å². The summed E-state index contributed by atoms with van der Waals surface area (Å²) in [5.74, 6) is 0. The average molecular weight is 235 g/mol. The molecule has 0 amide bonds. The molecule has 86 valence electrons. The third-order valence-electron chi connectivity index (χ3n) is 2.97. The van der Waals surface area contributed by atoms with Gasteiger partial charge in [0.25, 0.3) is 0 Å². The molecule has 0 unspecified atom stereocenters. The van der Waals surface area contributed by atoms with Crippen molar-refractivity contribution in [3.63, 3.8) is 0 Å². The van der Waals surface area contributed by atoms with Crippen LogP contribution in [0.25, 0.3) is 0 Å². The number of nitrogens with zero attached hydrogens (tertiary/aromatic N) is 2. The Morgan fingerprint density at radius 3 is 2.94 bits per heavy atom. The van der Waals surface area contributed by atoms with Crippen LogP contribution in [0.5, 0.6) is 0 Å². The van der Waals surface area contributed by atoms with Gasteiger partial charge in [0.15, 0.2) is 0 Å². The standard InChI is InChI=1S/C12H17N3S/c1-2-15(10-5-6-10)8-9-4-3-7-14-11(9)12(13)16/h3-4,7,10H,2,5-6,8H2,1H3,(H2,13,16). The van der Waals surface area contributed by atoms with Crippen LogP contribution in [-0.2, 0) is 6.54 Å². The Labute approximate surface area is 102 Å². The van der Waals surface area contributed by atoms with E-state index in [1.165, 1.54) is 12.8 Å². The lowest BCUT2D eigenvalue weighted by Crippen LogP contribution is -2.27. The second-order valence-electron chi connectivity index (χ2n) is 4.17. The molecule has 1 aliphatic carbocycles. The highest BCUT2D eigenvalue weighted by molar-refractivity contribution is 7.80. The zero-order valence-corrected chi connectivity index (χ0v) is 10.3. The van der Waals surface area contributed by atoms with Gasteiger partial charge in [-0.25, -0.2) is 0 Å². The molecule has 0 aliphatic heterocycles. The van der Waals surface area contributed by atoms with Crippen LogP contribution in [-0.4, -0.2) is 27.5 Å². The van der Waals surface area contributed by atoms with Crippen molar-refractivity contribution in [2.45, 2.75) is 32.4 Å². The fourth-order valence-electron chi connectivity index (χ4n) is 1.95. The summed E-state index contributed by atoms with van der Waals surface area (Å²) >= 11 is 5.02. The van der Waals surface area contributed by atoms with Crippen LogP contribution in [0, 0.1) is 0 Å². The molecule has 1 aromatic heterocycles. The largest absolute Gasteiger partial charge is 0.388 e. The first-order chi connectivity index (χ1) is 7.72. The predicted octanol–water partition coefficient (Wildman–Crippen LogP) is 1.70. The second kappa shape index (κ2) is 4.89. The van der Waals surface area contributed by atoms with Gasteiger partial charge in [-0.2, -0.15) is 0 Å². The van der Waals surface area contributed by atoms with E-state index >= 15 is 0 Å². The van der Waals surface area contributed by atoms with E-state index < -0.39 is 0 Å². The van der Waals surface area contributed by atoms with Crippen molar-refractivity contribution in [3.8, 4) is 0 Å². The lowest BCUT2D eigenvalue weighted by molar-refractivity contribution is 0.269. The molecular formula is C12H17N3S. The number of pyridine rings is 1. The van der Waals surface area contributed by atoms with Crippen LogP contribution in [0.15, 0.2) is 18.3 Å². The molecule has 2 N–H and O–H groups in total. The van der Waals surface area contributed by atoms with E-state index in [0.717, 1.165) is 30.4 Å². The fourth-order valence-corrected chi connectivity index (χ4v) is 2.13. The van der Waals surface area contributed by atoms with Gasteiger partial charge >= 0.3 is 0 Å². The monoisotopic (exact) mass is 235 g/mol. The maximum absolute atomic E-state index is 5.67. The molecule has 1 aromatic rings. The van der Waals surface area contributed by atoms with Gasteiger partial charge in [-0.15, -0.1) is 0 Å². The smallest absolute Gasteiger partial charge is 0.123 e. The minimum atomic E-state index is 0.391. The van der Waals surface area contributed by atoms with Crippen molar-refractivity contribution < 1.29 is 0 Å². The molecule has 0 atom stereocenters. The maximum Gasteiger partial charge on any atom is 0.123 e. The van der Waals surface area contributed by atoms with Crippen LogP contribution in [0.3, 0.4) is 0 Å². The molecule has 1 saturated carbocycles. The van der Waals surface area contributed by atoms with Gasteiger partial charge in [0.2, 0.25) is 0 Å². The summed E-state index contributed by atoms with van der Waals surface area (Å²) in [6.45, 7) is 4.16. The van der Waals surface area contributed by atoms with E-state index in [9.17, 15) is 0 Å². The summed E-state index contributed by atoms with van der Waals surface area (Å²) in [6.07, 6.45) is 4.37. The SMILES string of the molecule is CCN(Cc1cccnc1C(N)=S)C1CC1. The number of aromatic nitrogens is 1. The molecule has 3 nitrogen and oxygen atoms in total. The van der Waals surface area contributed by atoms with Crippen LogP contribution in [0.1, 0.15) is 31.0 Å². The zero-order chi connectivity index (χ0) is 11.5. The van der Waals surface area contributed by atoms with E-state index in [4.69, 9.17) is 18.0 Å². The summed E-state index contributed by atoms with van der Waals surface area (Å²) in [7, 11) is 0. The lowest BCUT2D eigenvalue weighted by atomic mass is 10.1. The summed E-state index contributed by atoms with van der Waals surface area (Å²) in [4.78, 5) is 7.10. The Morgan fingerprint density at radius 2 is 2.38 bits per heavy atom. The lowest BCUT2D eigenvalue weighted by Gasteiger charge is -2.20. The van der Waals surface area contributed by atoms with Crippen molar-refractivity contribution in [3.05, 3.63) is 29.6 Å². The second-order valence-corrected chi connectivity index (χ2v) is 4.61. The van der Waals surface area contributed by atoms with Gasteiger partial charge in [0.05, 0.1) is 0 Å². The Balaban J connectivity index is 2.15. The molecule has 0 bridgehead atoms. The minimum Gasteiger partial charge on any atom is -0.388 e. The molecular weight excluding hydrogens is 218 g/mol. The Hall–Kier alpha value is -1.00. The van der Waals surface area contributed by atoms with Crippen LogP contribution >= 0.6 is 12.2 Å². The van der Waals surface area contributed by atoms with Crippen LogP contribution in [0.4, 0.5) is 0 Å². The molecule has 2 rings (SSSR count). The molecule has 1 heterocycles. The normalized spacial score (nSPS) is 15.4. The highest BCUT2D eigenvalue weighted by Crippen LogP contribution is 2.28. The highest BCUT2D eigenvalue weighted by atomic mass is 32.1. The van der Waals surface area contributed by atoms with Gasteiger partial charge in [0, 0.05) is 18.8 Å². The molecule has 1 fully saturated rings. The third kappa shape index (κ3) is 2.57. The van der Waals surface area contributed by atoms with E-state index in [1.54, 1.807) is 6.20 Å². The summed E-state index contributed by atoms with van der Waals surface area (Å²) in [6, 6.07) is 4.76. The van der Waals surface area contributed by atoms with E-state index in [2.05, 4.69) is 22.9 Å². The van der Waals surface area contributed by atoms with Crippen molar-refractivity contribution >= 4 is 17.2 Å². The van der Waals surface area contributed by atoms with Crippen molar-refractivity contribution in [2.75, 3.05) is 6.54 Å². The number of hydrogen-bond donors (Lipinski definition) is 1. The van der Waals surface area contributed by atoms with Crippen LogP contribution < -0.4 is 5.73 Å². The van der Waals surface area contributed by atoms with Crippen molar-refractivity contribution in [2.24, 2.45) is 5.73 Å². The topological polar surface area (TPSA) is 42.2 Å². The summed E-state index contributed by atoms with van der Waals surface area (Å²) in [5, 5.41) is 0. The van der Waals surface area contributed by atoms with Gasteiger partial charge < -0.3 is 5.73 Å². The predicted molar refractivity (Wildman–Crippen MR) is 69.2 cm³/mol. The summed E-state index contributed by atoms with van der Waals surface area (Å²) in [5.41, 5.74) is 7.59. The Bertz CT molecular complexity index is 388. The highest BCUT2D eigenvalue weighted by Gasteiger charge is 2.28. The van der Waals surface area contributed by atoms with E-state index in [1.807, 2.05) is 6.07 Å². The first-order valence-electron chi connectivity index (χ1n) is 5.70. The Morgan fingerprint density at radius 1 is 1.62 bits per heavy atom. The average Bonchev–Trinajstić information content (AvgIpc) is 3.10. The Kier molecular flexibility index (Phi) is 3.51. The van der Waals surface area contributed by atoms with E-state index in [0.29, 0.717) is 4.99 Å². The van der Waals surface area contributed by atoms with E-state index in [-0.39, 0.29) is 0 Å². The number of hydrogen-bond acceptors (Lipinski definition) is 3. The fraction of sp³-hybridized carbons (Fsp3) is 0.500. The zero-order valence-electron chi connectivity index (χ0n) is 9.52. The third-order valence-corrected chi connectivity index (χ3v) is 3.16. The molecule has 0 saturated heterocycles. The van der Waals surface area contributed by atoms with Crippen LogP contribution in [0.2, 0.25) is 0 Å². The number of thiocarbonyl (C=S) groups is 1. The quantitative estimate of drug-likeness (QED) is 0.789. The van der Waals surface area contributed by atoms with Gasteiger partial charge in [-0.3, -0.25) is 9.88 Å². The number of rotatable bonds is 5. The first-order valence-corrected chi connectivity index (χ1v) is 6.11. The maximum atomic E-state index is 5.67. The summed E-state index contributed by atoms with van der Waals surface area (Å²) < 4.78 is 0. The van der Waals surface area contributed by atoms with Gasteiger partial charge in [-0.05, 0) is 31.0 Å². The van der Waals surface area contributed by atoms with Crippen molar-refractivity contribution in [1.29, 1.82) is 0 Å².